The van der Waals surface area contributed by atoms with Gasteiger partial charge in [-0.15, -0.1) is 11.3 Å². The first-order chi connectivity index (χ1) is 13.0. The molecule has 140 valence electrons. The summed E-state index contributed by atoms with van der Waals surface area (Å²) >= 11 is 7.51. The van der Waals surface area contributed by atoms with Gasteiger partial charge in [0.05, 0.1) is 5.69 Å². The van der Waals surface area contributed by atoms with Crippen LogP contribution < -0.4 is 10.1 Å². The number of amides is 1. The second-order valence-corrected chi connectivity index (χ2v) is 7.37. The smallest absolute Gasteiger partial charge is 0.257 e. The first kappa shape index (κ1) is 19.3. The van der Waals surface area contributed by atoms with Gasteiger partial charge in [-0.2, -0.15) is 0 Å². The summed E-state index contributed by atoms with van der Waals surface area (Å²) in [6.45, 7) is 2.19. The summed E-state index contributed by atoms with van der Waals surface area (Å²) in [5, 5.41) is 4.39. The molecule has 0 aliphatic carbocycles. The summed E-state index contributed by atoms with van der Waals surface area (Å²) in [4.78, 5) is 17.6. The van der Waals surface area contributed by atoms with Gasteiger partial charge in [-0.3, -0.25) is 4.79 Å². The van der Waals surface area contributed by atoms with E-state index in [0.29, 0.717) is 18.0 Å². The Bertz CT molecular complexity index is 928. The molecule has 0 aliphatic rings. The third-order valence-corrected chi connectivity index (χ3v) is 5.37. The number of carbonyl (C=O) groups is 1. The Morgan fingerprint density at radius 1 is 1.22 bits per heavy atom. The standard InChI is InChI=1S/C20H18ClFN2O2S/c1-13-18(27-20(24-13)14-6-8-15(21)9-7-14)10-11-23-19(25)12-26-17-5-3-2-4-16(17)22/h2-9H,10-12H2,1H3,(H,23,25). The van der Waals surface area contributed by atoms with Gasteiger partial charge >= 0.3 is 0 Å². The molecule has 1 aromatic heterocycles. The van der Waals surface area contributed by atoms with E-state index in [2.05, 4.69) is 10.3 Å². The highest BCUT2D eigenvalue weighted by atomic mass is 35.5. The van der Waals surface area contributed by atoms with Crippen LogP contribution in [0.25, 0.3) is 10.6 Å². The van der Waals surface area contributed by atoms with E-state index in [-0.39, 0.29) is 18.3 Å². The molecule has 4 nitrogen and oxygen atoms in total. The maximum absolute atomic E-state index is 13.5. The molecule has 0 unspecified atom stereocenters. The van der Waals surface area contributed by atoms with E-state index >= 15 is 0 Å². The van der Waals surface area contributed by atoms with Crippen molar-refractivity contribution in [1.29, 1.82) is 0 Å². The van der Waals surface area contributed by atoms with Crippen LogP contribution in [0.15, 0.2) is 48.5 Å². The van der Waals surface area contributed by atoms with Crippen LogP contribution in [0.1, 0.15) is 10.6 Å². The molecule has 7 heteroatoms. The van der Waals surface area contributed by atoms with Gasteiger partial charge in [0.25, 0.3) is 5.91 Å². The van der Waals surface area contributed by atoms with Gasteiger partial charge in [0.15, 0.2) is 18.2 Å². The Morgan fingerprint density at radius 2 is 1.96 bits per heavy atom. The SMILES string of the molecule is Cc1nc(-c2ccc(Cl)cc2)sc1CCNC(=O)COc1ccccc1F. The molecule has 0 bridgehead atoms. The van der Waals surface area contributed by atoms with Crippen molar-refractivity contribution in [3.63, 3.8) is 0 Å². The summed E-state index contributed by atoms with van der Waals surface area (Å²) < 4.78 is 18.6. The lowest BCUT2D eigenvalue weighted by Gasteiger charge is -2.07. The number of ether oxygens (including phenoxy) is 1. The molecule has 0 saturated carbocycles. The summed E-state index contributed by atoms with van der Waals surface area (Å²) in [5.74, 6) is -0.711. The zero-order valence-electron chi connectivity index (χ0n) is 14.7. The van der Waals surface area contributed by atoms with Crippen LogP contribution in [-0.2, 0) is 11.2 Å². The van der Waals surface area contributed by atoms with E-state index in [1.807, 2.05) is 31.2 Å². The lowest BCUT2D eigenvalue weighted by atomic mass is 10.2. The Balaban J connectivity index is 1.49. The van der Waals surface area contributed by atoms with E-state index in [1.165, 1.54) is 12.1 Å². The summed E-state index contributed by atoms with van der Waals surface area (Å²) in [6.07, 6.45) is 0.669. The monoisotopic (exact) mass is 404 g/mol. The van der Waals surface area contributed by atoms with Crippen molar-refractivity contribution in [1.82, 2.24) is 10.3 Å². The lowest BCUT2D eigenvalue weighted by Crippen LogP contribution is -2.30. The van der Waals surface area contributed by atoms with Gasteiger partial charge in [0, 0.05) is 28.4 Å². The lowest BCUT2D eigenvalue weighted by molar-refractivity contribution is -0.123. The fourth-order valence-electron chi connectivity index (χ4n) is 2.45. The summed E-state index contributed by atoms with van der Waals surface area (Å²) in [6, 6.07) is 13.5. The topological polar surface area (TPSA) is 51.2 Å². The van der Waals surface area contributed by atoms with E-state index in [0.717, 1.165) is 21.1 Å². The van der Waals surface area contributed by atoms with Crippen molar-refractivity contribution in [2.24, 2.45) is 0 Å². The normalized spacial score (nSPS) is 10.6. The van der Waals surface area contributed by atoms with Crippen LogP contribution in [0.2, 0.25) is 5.02 Å². The van der Waals surface area contributed by atoms with Crippen molar-refractivity contribution in [2.75, 3.05) is 13.2 Å². The van der Waals surface area contributed by atoms with E-state index in [9.17, 15) is 9.18 Å². The minimum absolute atomic E-state index is 0.0681. The number of aryl methyl sites for hydroxylation is 1. The highest BCUT2D eigenvalue weighted by Gasteiger charge is 2.11. The predicted molar refractivity (Wildman–Crippen MR) is 106 cm³/mol. The number of halogens is 2. The fourth-order valence-corrected chi connectivity index (χ4v) is 3.64. The molecule has 27 heavy (non-hydrogen) atoms. The first-order valence-corrected chi connectivity index (χ1v) is 9.58. The number of benzene rings is 2. The van der Waals surface area contributed by atoms with Crippen LogP contribution >= 0.6 is 22.9 Å². The molecule has 2 aromatic carbocycles. The minimum atomic E-state index is -0.486. The number of nitrogens with one attached hydrogen (secondary N) is 1. The molecule has 3 rings (SSSR count). The Labute approximate surface area is 166 Å². The molecule has 0 spiro atoms. The average Bonchev–Trinajstić information content (AvgIpc) is 3.02. The van der Waals surface area contributed by atoms with Crippen LogP contribution in [0.3, 0.4) is 0 Å². The molecular weight excluding hydrogens is 387 g/mol. The van der Waals surface area contributed by atoms with Crippen LogP contribution in [-0.4, -0.2) is 24.0 Å². The zero-order chi connectivity index (χ0) is 19.2. The largest absolute Gasteiger partial charge is 0.481 e. The Morgan fingerprint density at radius 3 is 2.70 bits per heavy atom. The van der Waals surface area contributed by atoms with Crippen molar-refractivity contribution >= 4 is 28.8 Å². The maximum atomic E-state index is 13.5. The second-order valence-electron chi connectivity index (χ2n) is 5.85. The molecule has 1 heterocycles. The number of hydrogen-bond acceptors (Lipinski definition) is 4. The second kappa shape index (κ2) is 8.97. The van der Waals surface area contributed by atoms with E-state index in [1.54, 1.807) is 23.5 Å². The van der Waals surface area contributed by atoms with Crippen LogP contribution in [0.4, 0.5) is 4.39 Å². The van der Waals surface area contributed by atoms with Gasteiger partial charge < -0.3 is 10.1 Å². The number of rotatable bonds is 7. The molecule has 0 atom stereocenters. The minimum Gasteiger partial charge on any atom is -0.481 e. The van der Waals surface area contributed by atoms with Gasteiger partial charge in [-0.1, -0.05) is 35.9 Å². The van der Waals surface area contributed by atoms with Gasteiger partial charge in [-0.25, -0.2) is 9.37 Å². The van der Waals surface area contributed by atoms with E-state index in [4.69, 9.17) is 16.3 Å². The molecule has 1 amide bonds. The van der Waals surface area contributed by atoms with E-state index < -0.39 is 5.82 Å². The van der Waals surface area contributed by atoms with Crippen molar-refractivity contribution < 1.29 is 13.9 Å². The number of carbonyl (C=O) groups excluding carboxylic acids is 1. The molecule has 1 N–H and O–H groups in total. The molecule has 0 radical (unpaired) electrons. The molecule has 0 fully saturated rings. The third kappa shape index (κ3) is 5.28. The number of nitrogens with zero attached hydrogens (tertiary/aromatic N) is 1. The number of hydrogen-bond donors (Lipinski definition) is 1. The van der Waals surface area contributed by atoms with Gasteiger partial charge in [0.2, 0.25) is 0 Å². The zero-order valence-corrected chi connectivity index (χ0v) is 16.2. The molecular formula is C20H18ClFN2O2S. The molecule has 0 aliphatic heterocycles. The van der Waals surface area contributed by atoms with Crippen LogP contribution in [0, 0.1) is 12.7 Å². The van der Waals surface area contributed by atoms with Crippen LogP contribution in [0.5, 0.6) is 5.75 Å². The fraction of sp³-hybridized carbons (Fsp3) is 0.200. The Kier molecular flexibility index (Phi) is 6.42. The number of aromatic nitrogens is 1. The van der Waals surface area contributed by atoms with Gasteiger partial charge in [-0.05, 0) is 31.2 Å². The average molecular weight is 405 g/mol. The maximum Gasteiger partial charge on any atom is 0.257 e. The Hall–Kier alpha value is -2.44. The number of para-hydroxylation sites is 1. The van der Waals surface area contributed by atoms with Crippen molar-refractivity contribution in [3.8, 4) is 16.3 Å². The third-order valence-electron chi connectivity index (χ3n) is 3.85. The predicted octanol–water partition coefficient (Wildman–Crippen LogP) is 4.65. The highest BCUT2D eigenvalue weighted by Crippen LogP contribution is 2.29. The summed E-state index contributed by atoms with van der Waals surface area (Å²) in [7, 11) is 0. The van der Waals surface area contributed by atoms with Crippen molar-refractivity contribution in [3.05, 3.63) is 69.9 Å². The molecule has 0 saturated heterocycles. The first-order valence-electron chi connectivity index (χ1n) is 8.39. The van der Waals surface area contributed by atoms with Gasteiger partial charge in [0.1, 0.15) is 5.01 Å². The quantitative estimate of drug-likeness (QED) is 0.623. The highest BCUT2D eigenvalue weighted by molar-refractivity contribution is 7.15. The number of thiazole rings is 1. The summed E-state index contributed by atoms with van der Waals surface area (Å²) in [5.41, 5.74) is 1.96. The van der Waals surface area contributed by atoms with Crippen molar-refractivity contribution in [2.45, 2.75) is 13.3 Å². The molecule has 3 aromatic rings.